The van der Waals surface area contributed by atoms with Gasteiger partial charge in [-0.2, -0.15) is 0 Å². The predicted molar refractivity (Wildman–Crippen MR) is 101 cm³/mol. The molecule has 0 aliphatic rings. The molecule has 1 rings (SSSR count). The van der Waals surface area contributed by atoms with Crippen molar-refractivity contribution in [3.8, 4) is 0 Å². The number of ether oxygens (including phenoxy) is 1. The van der Waals surface area contributed by atoms with Gasteiger partial charge in [0.25, 0.3) is 0 Å². The van der Waals surface area contributed by atoms with Crippen molar-refractivity contribution in [1.29, 1.82) is 0 Å². The number of halogens is 1. The molecule has 0 aromatic heterocycles. The molecule has 0 bridgehead atoms. The van der Waals surface area contributed by atoms with E-state index in [0.29, 0.717) is 31.2 Å². The molecule has 5 heteroatoms. The van der Waals surface area contributed by atoms with Gasteiger partial charge in [0.05, 0.1) is 13.2 Å². The summed E-state index contributed by atoms with van der Waals surface area (Å²) in [5.74, 6) is 0.0438. The van der Waals surface area contributed by atoms with Crippen LogP contribution in [0.5, 0.6) is 0 Å². The minimum atomic E-state index is -0.224. The van der Waals surface area contributed by atoms with Gasteiger partial charge in [0.1, 0.15) is 0 Å². The Hall–Kier alpha value is -1.10. The van der Waals surface area contributed by atoms with Crippen molar-refractivity contribution in [3.05, 3.63) is 34.9 Å². The summed E-state index contributed by atoms with van der Waals surface area (Å²) in [6, 6.07) is 7.68. The number of likely N-dealkylation sites (N-methyl/N-ethyl adjacent to an activating group) is 1. The molecule has 4 nitrogen and oxygen atoms in total. The normalized spacial score (nSPS) is 11.8. The zero-order chi connectivity index (χ0) is 18.0. The van der Waals surface area contributed by atoms with E-state index in [4.69, 9.17) is 16.3 Å². The molecule has 0 unspecified atom stereocenters. The molecule has 0 heterocycles. The van der Waals surface area contributed by atoms with Crippen LogP contribution < -0.4 is 5.32 Å². The third kappa shape index (κ3) is 7.65. The SMILES string of the molecule is CCN(CC)CCOCCNC(=O)CC(C)(C)c1ccc(Cl)cc1. The van der Waals surface area contributed by atoms with Crippen molar-refractivity contribution in [3.63, 3.8) is 0 Å². The standard InChI is InChI=1S/C19H31ClN2O2/c1-5-22(6-2)12-14-24-13-11-21-18(23)15-19(3,4)16-7-9-17(20)10-8-16/h7-10H,5-6,11-15H2,1-4H3,(H,21,23). The quantitative estimate of drug-likeness (QED) is 0.618. The summed E-state index contributed by atoms with van der Waals surface area (Å²) in [5, 5.41) is 3.64. The third-order valence-corrected chi connectivity index (χ3v) is 4.50. The number of nitrogens with zero attached hydrogens (tertiary/aromatic N) is 1. The van der Waals surface area contributed by atoms with Gasteiger partial charge >= 0.3 is 0 Å². The third-order valence-electron chi connectivity index (χ3n) is 4.24. The van der Waals surface area contributed by atoms with Gasteiger partial charge in [0.2, 0.25) is 5.91 Å². The maximum Gasteiger partial charge on any atom is 0.220 e. The van der Waals surface area contributed by atoms with E-state index in [2.05, 4.69) is 37.9 Å². The Balaban J connectivity index is 2.25. The zero-order valence-electron chi connectivity index (χ0n) is 15.4. The molecule has 0 atom stereocenters. The average Bonchev–Trinajstić information content (AvgIpc) is 2.54. The summed E-state index contributed by atoms with van der Waals surface area (Å²) in [6.45, 7) is 13.2. The van der Waals surface area contributed by atoms with E-state index < -0.39 is 0 Å². The largest absolute Gasteiger partial charge is 0.378 e. The molecule has 136 valence electrons. The van der Waals surface area contributed by atoms with Gasteiger partial charge in [-0.15, -0.1) is 0 Å². The second-order valence-electron chi connectivity index (χ2n) is 6.56. The summed E-state index contributed by atoms with van der Waals surface area (Å²) in [4.78, 5) is 14.4. The van der Waals surface area contributed by atoms with Crippen LogP contribution in [0.3, 0.4) is 0 Å². The van der Waals surface area contributed by atoms with Crippen LogP contribution in [0, 0.1) is 0 Å². The van der Waals surface area contributed by atoms with Crippen molar-refractivity contribution in [2.24, 2.45) is 0 Å². The lowest BCUT2D eigenvalue weighted by molar-refractivity contribution is -0.122. The van der Waals surface area contributed by atoms with Gasteiger partial charge in [0, 0.05) is 24.5 Å². The van der Waals surface area contributed by atoms with Crippen LogP contribution in [-0.4, -0.2) is 50.2 Å². The number of benzene rings is 1. The predicted octanol–water partition coefficient (Wildman–Crippen LogP) is 3.48. The fourth-order valence-electron chi connectivity index (χ4n) is 2.57. The lowest BCUT2D eigenvalue weighted by Gasteiger charge is -2.24. The van der Waals surface area contributed by atoms with Crippen LogP contribution in [0.2, 0.25) is 5.02 Å². The topological polar surface area (TPSA) is 41.6 Å². The minimum absolute atomic E-state index is 0.0438. The molecule has 0 aliphatic heterocycles. The molecule has 24 heavy (non-hydrogen) atoms. The van der Waals surface area contributed by atoms with Crippen LogP contribution in [-0.2, 0) is 14.9 Å². The Morgan fingerprint density at radius 3 is 2.38 bits per heavy atom. The first-order valence-electron chi connectivity index (χ1n) is 8.72. The first-order valence-corrected chi connectivity index (χ1v) is 9.09. The van der Waals surface area contributed by atoms with Crippen molar-refractivity contribution in [2.75, 3.05) is 39.4 Å². The van der Waals surface area contributed by atoms with E-state index in [1.54, 1.807) is 0 Å². The van der Waals surface area contributed by atoms with Gasteiger partial charge in [-0.1, -0.05) is 51.4 Å². The van der Waals surface area contributed by atoms with Gasteiger partial charge in [0.15, 0.2) is 0 Å². The van der Waals surface area contributed by atoms with Gasteiger partial charge in [-0.3, -0.25) is 4.79 Å². The molecule has 0 fully saturated rings. The summed E-state index contributed by atoms with van der Waals surface area (Å²) in [5.41, 5.74) is 0.885. The summed E-state index contributed by atoms with van der Waals surface area (Å²) < 4.78 is 5.58. The van der Waals surface area contributed by atoms with E-state index in [1.807, 2.05) is 24.3 Å². The molecular formula is C19H31ClN2O2. The first-order chi connectivity index (χ1) is 11.4. The Morgan fingerprint density at radius 1 is 1.17 bits per heavy atom. The lowest BCUT2D eigenvalue weighted by atomic mass is 9.81. The summed E-state index contributed by atoms with van der Waals surface area (Å²) in [7, 11) is 0. The molecule has 0 spiro atoms. The fourth-order valence-corrected chi connectivity index (χ4v) is 2.69. The molecule has 1 aromatic rings. The molecule has 1 N–H and O–H groups in total. The zero-order valence-corrected chi connectivity index (χ0v) is 16.2. The fraction of sp³-hybridized carbons (Fsp3) is 0.632. The highest BCUT2D eigenvalue weighted by molar-refractivity contribution is 6.30. The molecule has 1 amide bonds. The van der Waals surface area contributed by atoms with Crippen LogP contribution in [0.1, 0.15) is 39.7 Å². The number of hydrogen-bond donors (Lipinski definition) is 1. The number of carbonyl (C=O) groups excluding carboxylic acids is 1. The minimum Gasteiger partial charge on any atom is -0.378 e. The second kappa shape index (κ2) is 10.7. The average molecular weight is 355 g/mol. The molecule has 1 aromatic carbocycles. The second-order valence-corrected chi connectivity index (χ2v) is 6.99. The highest BCUT2D eigenvalue weighted by Crippen LogP contribution is 2.27. The Kier molecular flexibility index (Phi) is 9.34. The van der Waals surface area contributed by atoms with E-state index in [-0.39, 0.29) is 11.3 Å². The molecular weight excluding hydrogens is 324 g/mol. The van der Waals surface area contributed by atoms with E-state index in [9.17, 15) is 4.79 Å². The molecule has 0 radical (unpaired) electrons. The Morgan fingerprint density at radius 2 is 1.79 bits per heavy atom. The van der Waals surface area contributed by atoms with E-state index >= 15 is 0 Å². The number of carbonyl (C=O) groups is 1. The Labute approximate surface area is 151 Å². The molecule has 0 saturated carbocycles. The maximum atomic E-state index is 12.1. The number of nitrogens with one attached hydrogen (secondary N) is 1. The van der Waals surface area contributed by atoms with E-state index in [0.717, 1.165) is 25.2 Å². The van der Waals surface area contributed by atoms with Gasteiger partial charge in [-0.25, -0.2) is 0 Å². The molecule has 0 saturated heterocycles. The van der Waals surface area contributed by atoms with Crippen molar-refractivity contribution in [1.82, 2.24) is 10.2 Å². The number of rotatable bonds is 11. The van der Waals surface area contributed by atoms with Gasteiger partial charge < -0.3 is 15.0 Å². The van der Waals surface area contributed by atoms with Crippen LogP contribution >= 0.6 is 11.6 Å². The maximum absolute atomic E-state index is 12.1. The van der Waals surface area contributed by atoms with Crippen LogP contribution in [0.25, 0.3) is 0 Å². The Bertz CT molecular complexity index is 485. The van der Waals surface area contributed by atoms with Crippen molar-refractivity contribution in [2.45, 2.75) is 39.5 Å². The van der Waals surface area contributed by atoms with Gasteiger partial charge in [-0.05, 0) is 36.2 Å². The van der Waals surface area contributed by atoms with Crippen LogP contribution in [0.4, 0.5) is 0 Å². The van der Waals surface area contributed by atoms with Crippen molar-refractivity contribution < 1.29 is 9.53 Å². The highest BCUT2D eigenvalue weighted by Gasteiger charge is 2.24. The summed E-state index contributed by atoms with van der Waals surface area (Å²) >= 11 is 5.92. The monoisotopic (exact) mass is 354 g/mol. The smallest absolute Gasteiger partial charge is 0.220 e. The summed E-state index contributed by atoms with van der Waals surface area (Å²) in [6.07, 6.45) is 0.439. The first kappa shape index (κ1) is 20.9. The number of amides is 1. The van der Waals surface area contributed by atoms with E-state index in [1.165, 1.54) is 0 Å². The van der Waals surface area contributed by atoms with Crippen molar-refractivity contribution >= 4 is 17.5 Å². The van der Waals surface area contributed by atoms with Crippen LogP contribution in [0.15, 0.2) is 24.3 Å². The molecule has 0 aliphatic carbocycles. The lowest BCUT2D eigenvalue weighted by Crippen LogP contribution is -2.33. The number of hydrogen-bond acceptors (Lipinski definition) is 3. The highest BCUT2D eigenvalue weighted by atomic mass is 35.5.